The Kier molecular flexibility index (Phi) is 2.50. The van der Waals surface area contributed by atoms with Gasteiger partial charge in [-0.15, -0.1) is 6.58 Å². The van der Waals surface area contributed by atoms with Crippen molar-refractivity contribution in [2.75, 3.05) is 6.54 Å². The second-order valence-corrected chi connectivity index (χ2v) is 4.21. The van der Waals surface area contributed by atoms with E-state index in [0.717, 1.165) is 17.9 Å². The molecule has 0 radical (unpaired) electrons. The van der Waals surface area contributed by atoms with Crippen LogP contribution in [0, 0.1) is 11.8 Å². The van der Waals surface area contributed by atoms with Crippen LogP contribution in [-0.4, -0.2) is 12.6 Å². The van der Waals surface area contributed by atoms with Gasteiger partial charge in [0.15, 0.2) is 0 Å². The Balaban J connectivity index is 2.03. The Bertz CT molecular complexity index is 164. The van der Waals surface area contributed by atoms with E-state index in [-0.39, 0.29) is 0 Å². The van der Waals surface area contributed by atoms with Gasteiger partial charge in [0.2, 0.25) is 0 Å². The summed E-state index contributed by atoms with van der Waals surface area (Å²) in [7, 11) is 0. The van der Waals surface area contributed by atoms with Gasteiger partial charge < -0.3 is 5.32 Å². The molecule has 1 aliphatic heterocycles. The normalized spacial score (nSPS) is 41.8. The maximum atomic E-state index is 3.92. The zero-order valence-corrected chi connectivity index (χ0v) is 7.76. The first-order valence-corrected chi connectivity index (χ1v) is 5.28. The fourth-order valence-corrected chi connectivity index (χ4v) is 2.82. The van der Waals surface area contributed by atoms with Crippen LogP contribution in [-0.2, 0) is 0 Å². The molecule has 1 nitrogen and oxygen atoms in total. The molecular formula is C11H19N. The largest absolute Gasteiger partial charge is 0.313 e. The molecule has 3 unspecified atom stereocenters. The standard InChI is InChI=1S/C11H19N/c1-2-9-6-7-10-5-3-4-8-12-11(9)10/h2,9-12H,1,3-8H2. The number of fused-ring (bicyclic) bond motifs is 1. The highest BCUT2D eigenvalue weighted by Gasteiger charge is 2.34. The molecule has 2 rings (SSSR count). The zero-order chi connectivity index (χ0) is 8.39. The van der Waals surface area contributed by atoms with Crippen molar-refractivity contribution in [3.05, 3.63) is 12.7 Å². The Morgan fingerprint density at radius 2 is 2.08 bits per heavy atom. The quantitative estimate of drug-likeness (QED) is 0.588. The van der Waals surface area contributed by atoms with E-state index in [1.807, 2.05) is 0 Å². The van der Waals surface area contributed by atoms with E-state index in [4.69, 9.17) is 0 Å². The fraction of sp³-hybridized carbons (Fsp3) is 0.818. The van der Waals surface area contributed by atoms with Crippen LogP contribution in [0.5, 0.6) is 0 Å². The molecule has 1 saturated heterocycles. The smallest absolute Gasteiger partial charge is 0.0158 e. The van der Waals surface area contributed by atoms with E-state index in [2.05, 4.69) is 18.0 Å². The molecule has 0 amide bonds. The molecule has 3 atom stereocenters. The molecule has 1 N–H and O–H groups in total. The van der Waals surface area contributed by atoms with Crippen LogP contribution in [0.2, 0.25) is 0 Å². The van der Waals surface area contributed by atoms with Crippen molar-refractivity contribution >= 4 is 0 Å². The highest BCUT2D eigenvalue weighted by Crippen LogP contribution is 2.36. The summed E-state index contributed by atoms with van der Waals surface area (Å²) in [5, 5.41) is 3.67. The van der Waals surface area contributed by atoms with Gasteiger partial charge in [-0.1, -0.05) is 12.5 Å². The average Bonchev–Trinajstić information content (AvgIpc) is 2.33. The molecule has 1 heterocycles. The number of nitrogens with one attached hydrogen (secondary N) is 1. The summed E-state index contributed by atoms with van der Waals surface area (Å²) < 4.78 is 0. The third-order valence-electron chi connectivity index (χ3n) is 3.52. The lowest BCUT2D eigenvalue weighted by Crippen LogP contribution is -2.35. The average molecular weight is 165 g/mol. The van der Waals surface area contributed by atoms with Gasteiger partial charge in [-0.05, 0) is 44.1 Å². The van der Waals surface area contributed by atoms with E-state index >= 15 is 0 Å². The Hall–Kier alpha value is -0.300. The van der Waals surface area contributed by atoms with Gasteiger partial charge in [0.05, 0.1) is 0 Å². The maximum Gasteiger partial charge on any atom is 0.0158 e. The van der Waals surface area contributed by atoms with Gasteiger partial charge in [-0.25, -0.2) is 0 Å². The molecule has 1 heteroatoms. The summed E-state index contributed by atoms with van der Waals surface area (Å²) in [6.45, 7) is 5.15. The van der Waals surface area contributed by atoms with Crippen LogP contribution in [0.3, 0.4) is 0 Å². The molecule has 2 fully saturated rings. The SMILES string of the molecule is C=CC1CCC2CCCCNC12. The molecule has 12 heavy (non-hydrogen) atoms. The van der Waals surface area contributed by atoms with Crippen molar-refractivity contribution in [2.24, 2.45) is 11.8 Å². The lowest BCUT2D eigenvalue weighted by Gasteiger charge is -2.21. The minimum atomic E-state index is 0.757. The first-order valence-electron chi connectivity index (χ1n) is 5.28. The third-order valence-corrected chi connectivity index (χ3v) is 3.52. The molecule has 68 valence electrons. The Labute approximate surface area is 75.2 Å². The lowest BCUT2D eigenvalue weighted by atomic mass is 9.95. The van der Waals surface area contributed by atoms with Gasteiger partial charge in [0.25, 0.3) is 0 Å². The Morgan fingerprint density at radius 1 is 1.17 bits per heavy atom. The van der Waals surface area contributed by atoms with Gasteiger partial charge >= 0.3 is 0 Å². The van der Waals surface area contributed by atoms with Gasteiger partial charge in [-0.2, -0.15) is 0 Å². The van der Waals surface area contributed by atoms with Crippen molar-refractivity contribution in [1.82, 2.24) is 5.32 Å². The molecule has 2 aliphatic rings. The second-order valence-electron chi connectivity index (χ2n) is 4.21. The zero-order valence-electron chi connectivity index (χ0n) is 7.76. The molecular weight excluding hydrogens is 146 g/mol. The maximum absolute atomic E-state index is 3.92. The van der Waals surface area contributed by atoms with Crippen LogP contribution in [0.1, 0.15) is 32.1 Å². The van der Waals surface area contributed by atoms with E-state index in [0.29, 0.717) is 0 Å². The van der Waals surface area contributed by atoms with Gasteiger partial charge in [-0.3, -0.25) is 0 Å². The van der Waals surface area contributed by atoms with Gasteiger partial charge in [0, 0.05) is 6.04 Å². The molecule has 0 bridgehead atoms. The minimum Gasteiger partial charge on any atom is -0.313 e. The lowest BCUT2D eigenvalue weighted by molar-refractivity contribution is 0.382. The van der Waals surface area contributed by atoms with Crippen molar-refractivity contribution < 1.29 is 0 Å². The van der Waals surface area contributed by atoms with Crippen LogP contribution in [0.4, 0.5) is 0 Å². The molecule has 0 aromatic rings. The first kappa shape index (κ1) is 8.31. The van der Waals surface area contributed by atoms with E-state index < -0.39 is 0 Å². The van der Waals surface area contributed by atoms with Crippen molar-refractivity contribution in [2.45, 2.75) is 38.1 Å². The van der Waals surface area contributed by atoms with Crippen LogP contribution in [0.25, 0.3) is 0 Å². The second kappa shape index (κ2) is 3.61. The number of rotatable bonds is 1. The first-order chi connectivity index (χ1) is 5.92. The van der Waals surface area contributed by atoms with E-state index in [1.165, 1.54) is 38.6 Å². The molecule has 0 aromatic carbocycles. The van der Waals surface area contributed by atoms with Crippen LogP contribution < -0.4 is 5.32 Å². The summed E-state index contributed by atoms with van der Waals surface area (Å²) in [5.41, 5.74) is 0. The van der Waals surface area contributed by atoms with Crippen molar-refractivity contribution in [3.8, 4) is 0 Å². The Morgan fingerprint density at radius 3 is 2.92 bits per heavy atom. The summed E-state index contributed by atoms with van der Waals surface area (Å²) in [6, 6.07) is 0.769. The van der Waals surface area contributed by atoms with Crippen LogP contribution >= 0.6 is 0 Å². The van der Waals surface area contributed by atoms with Gasteiger partial charge in [0.1, 0.15) is 0 Å². The number of hydrogen-bond donors (Lipinski definition) is 1. The summed E-state index contributed by atoms with van der Waals surface area (Å²) in [5.74, 6) is 1.71. The van der Waals surface area contributed by atoms with Crippen LogP contribution in [0.15, 0.2) is 12.7 Å². The molecule has 1 saturated carbocycles. The topological polar surface area (TPSA) is 12.0 Å². The summed E-state index contributed by atoms with van der Waals surface area (Å²) in [6.07, 6.45) is 9.19. The van der Waals surface area contributed by atoms with E-state index in [9.17, 15) is 0 Å². The minimum absolute atomic E-state index is 0.757. The van der Waals surface area contributed by atoms with E-state index in [1.54, 1.807) is 0 Å². The summed E-state index contributed by atoms with van der Waals surface area (Å²) >= 11 is 0. The van der Waals surface area contributed by atoms with Crippen molar-refractivity contribution in [1.29, 1.82) is 0 Å². The number of hydrogen-bond acceptors (Lipinski definition) is 1. The highest BCUT2D eigenvalue weighted by atomic mass is 14.9. The molecule has 0 aromatic heterocycles. The highest BCUT2D eigenvalue weighted by molar-refractivity contribution is 4.98. The predicted octanol–water partition coefficient (Wildman–Crippen LogP) is 2.34. The molecule has 0 spiro atoms. The predicted molar refractivity (Wildman–Crippen MR) is 52.1 cm³/mol. The summed E-state index contributed by atoms with van der Waals surface area (Å²) in [4.78, 5) is 0. The van der Waals surface area contributed by atoms with Crippen molar-refractivity contribution in [3.63, 3.8) is 0 Å². The fourth-order valence-electron chi connectivity index (χ4n) is 2.82. The molecule has 1 aliphatic carbocycles. The third kappa shape index (κ3) is 1.42. The monoisotopic (exact) mass is 165 g/mol.